The van der Waals surface area contributed by atoms with E-state index in [4.69, 9.17) is 4.74 Å². The number of hydrogen-bond acceptors (Lipinski definition) is 7. The van der Waals surface area contributed by atoms with Crippen molar-refractivity contribution in [2.45, 2.75) is 79.4 Å². The molecule has 7 atom stereocenters. The Balaban J connectivity index is 2.07. The molecule has 1 saturated heterocycles. The molecule has 7 nitrogen and oxygen atoms in total. The van der Waals surface area contributed by atoms with E-state index in [1.807, 2.05) is 6.92 Å². The van der Waals surface area contributed by atoms with Crippen LogP contribution in [-0.2, 0) is 23.9 Å². The molecule has 0 aromatic heterocycles. The Bertz CT molecular complexity index is 976. The van der Waals surface area contributed by atoms with Gasteiger partial charge in [-0.2, -0.15) is 0 Å². The molecule has 2 saturated carbocycles. The van der Waals surface area contributed by atoms with Gasteiger partial charge in [-0.25, -0.2) is 0 Å². The Kier molecular flexibility index (Phi) is 4.19. The summed E-state index contributed by atoms with van der Waals surface area (Å²) in [6.07, 6.45) is -0.426. The minimum atomic E-state index is -1.78. The van der Waals surface area contributed by atoms with E-state index in [-0.39, 0.29) is 36.4 Å². The number of carbonyl (C=O) groups excluding carboxylic acids is 4. The van der Waals surface area contributed by atoms with Crippen molar-refractivity contribution in [3.8, 4) is 0 Å². The summed E-state index contributed by atoms with van der Waals surface area (Å²) in [4.78, 5) is 53.1. The summed E-state index contributed by atoms with van der Waals surface area (Å²) >= 11 is 0. The van der Waals surface area contributed by atoms with E-state index in [1.165, 1.54) is 13.8 Å². The molecule has 1 unspecified atom stereocenters. The monoisotopic (exact) mass is 432 g/mol. The topological polar surface area (TPSA) is 118 Å². The first-order chi connectivity index (χ1) is 14.0. The Morgan fingerprint density at radius 3 is 2.16 bits per heavy atom. The molecule has 7 heteroatoms. The van der Waals surface area contributed by atoms with Crippen LogP contribution in [0.1, 0.15) is 67.7 Å². The maximum atomic E-state index is 13.8. The largest absolute Gasteiger partial charge is 0.504 e. The molecule has 0 bridgehead atoms. The number of aliphatic hydroxyl groups is 2. The second-order valence-corrected chi connectivity index (χ2v) is 11.3. The average Bonchev–Trinajstić information content (AvgIpc) is 2.66. The molecule has 1 heterocycles. The Labute approximate surface area is 182 Å². The maximum absolute atomic E-state index is 13.8. The number of Topliss-reactive ketones (excluding diaryl/α,β-unsaturated/α-hetero) is 3. The lowest BCUT2D eigenvalue weighted by Gasteiger charge is -2.69. The highest BCUT2D eigenvalue weighted by Crippen LogP contribution is 2.72. The first kappa shape index (κ1) is 22.2. The van der Waals surface area contributed by atoms with Gasteiger partial charge >= 0.3 is 5.97 Å². The van der Waals surface area contributed by atoms with Crippen molar-refractivity contribution in [2.24, 2.45) is 33.5 Å². The second kappa shape index (κ2) is 5.85. The van der Waals surface area contributed by atoms with Crippen LogP contribution in [0.4, 0.5) is 0 Å². The molecule has 4 rings (SSSR count). The zero-order valence-corrected chi connectivity index (χ0v) is 19.3. The van der Waals surface area contributed by atoms with Crippen LogP contribution >= 0.6 is 0 Å². The summed E-state index contributed by atoms with van der Waals surface area (Å²) in [6.45, 7) is 11.6. The smallest absolute Gasteiger partial charge is 0.311 e. The van der Waals surface area contributed by atoms with Crippen LogP contribution < -0.4 is 0 Å². The average molecular weight is 433 g/mol. The number of ketones is 3. The molecule has 0 spiro atoms. The third-order valence-electron chi connectivity index (χ3n) is 9.65. The summed E-state index contributed by atoms with van der Waals surface area (Å²) in [5.41, 5.74) is -6.77. The van der Waals surface area contributed by atoms with E-state index in [2.05, 4.69) is 0 Å². The molecule has 0 aromatic carbocycles. The molecule has 3 fully saturated rings. The minimum Gasteiger partial charge on any atom is -0.504 e. The molecule has 4 aliphatic rings. The van der Waals surface area contributed by atoms with Crippen LogP contribution in [0.3, 0.4) is 0 Å². The van der Waals surface area contributed by atoms with Crippen LogP contribution in [0.15, 0.2) is 11.3 Å². The summed E-state index contributed by atoms with van der Waals surface area (Å²) in [5.74, 6) is -4.13. The summed E-state index contributed by atoms with van der Waals surface area (Å²) < 4.78 is 5.35. The van der Waals surface area contributed by atoms with Crippen LogP contribution in [-0.4, -0.2) is 45.2 Å². The van der Waals surface area contributed by atoms with E-state index in [0.29, 0.717) is 0 Å². The standard InChI is InChI=1S/C24H32O7/c1-11-10-24(30)21(5)9-8-13(25)20(3,4)15(21)14(26)18(28)23(24,7)16-19(29)31-12(2)17(27)22(11,16)6/h11-12,16,26,30H,8-10H2,1-7H3/t11?,12-,16-,21+,22+,23-,24+/m0/s1. The van der Waals surface area contributed by atoms with Gasteiger partial charge in [0.1, 0.15) is 5.78 Å². The minimum absolute atomic E-state index is 0.0888. The highest BCUT2D eigenvalue weighted by molar-refractivity contribution is 6.08. The van der Waals surface area contributed by atoms with Crippen LogP contribution in [0.5, 0.6) is 0 Å². The molecule has 1 aliphatic heterocycles. The molecule has 31 heavy (non-hydrogen) atoms. The van der Waals surface area contributed by atoms with Gasteiger partial charge in [0.2, 0.25) is 5.78 Å². The zero-order valence-electron chi connectivity index (χ0n) is 19.3. The molecule has 2 N–H and O–H groups in total. The Morgan fingerprint density at radius 1 is 1.00 bits per heavy atom. The lowest BCUT2D eigenvalue weighted by atomic mass is 9.35. The van der Waals surface area contributed by atoms with E-state index in [9.17, 15) is 29.4 Å². The van der Waals surface area contributed by atoms with Crippen molar-refractivity contribution in [1.29, 1.82) is 0 Å². The van der Waals surface area contributed by atoms with Gasteiger partial charge in [-0.05, 0) is 52.0 Å². The number of cyclic esters (lactones) is 1. The van der Waals surface area contributed by atoms with Crippen molar-refractivity contribution in [1.82, 2.24) is 0 Å². The molecule has 170 valence electrons. The van der Waals surface area contributed by atoms with Gasteiger partial charge in [0.25, 0.3) is 0 Å². The number of rotatable bonds is 0. The summed E-state index contributed by atoms with van der Waals surface area (Å²) in [6, 6.07) is 0. The SMILES string of the molecule is CC1C[C@@]2(O)[C@]3(C)CCC(=O)C(C)(C)C3=C(O)C(=O)[C@]2(C)[C@H]2C(=O)O[C@@H](C)C(=O)[C@]12C. The summed E-state index contributed by atoms with van der Waals surface area (Å²) in [7, 11) is 0. The third-order valence-corrected chi connectivity index (χ3v) is 9.65. The molecular weight excluding hydrogens is 400 g/mol. The Hall–Kier alpha value is -2.02. The fourth-order valence-corrected chi connectivity index (χ4v) is 7.67. The van der Waals surface area contributed by atoms with Gasteiger partial charge < -0.3 is 14.9 Å². The lowest BCUT2D eigenvalue weighted by Crippen LogP contribution is -2.78. The second-order valence-electron chi connectivity index (χ2n) is 11.3. The van der Waals surface area contributed by atoms with Crippen molar-refractivity contribution in [2.75, 3.05) is 0 Å². The maximum Gasteiger partial charge on any atom is 0.311 e. The van der Waals surface area contributed by atoms with Crippen molar-refractivity contribution in [3.63, 3.8) is 0 Å². The fourth-order valence-electron chi connectivity index (χ4n) is 7.67. The number of fused-ring (bicyclic) bond motifs is 5. The predicted octanol–water partition coefficient (Wildman–Crippen LogP) is 2.69. The normalized spacial score (nSPS) is 49.2. The summed E-state index contributed by atoms with van der Waals surface area (Å²) in [5, 5.41) is 23.6. The number of esters is 1. The van der Waals surface area contributed by atoms with Gasteiger partial charge in [-0.1, -0.05) is 20.8 Å². The van der Waals surface area contributed by atoms with E-state index in [0.717, 1.165) is 0 Å². The third kappa shape index (κ3) is 2.09. The van der Waals surface area contributed by atoms with Gasteiger partial charge in [0.15, 0.2) is 17.6 Å². The van der Waals surface area contributed by atoms with Crippen molar-refractivity contribution < 1.29 is 34.1 Å². The number of aliphatic hydroxyl groups excluding tert-OH is 1. The molecule has 0 aromatic rings. The molecule has 0 radical (unpaired) electrons. The first-order valence-electron chi connectivity index (χ1n) is 11.0. The van der Waals surface area contributed by atoms with Gasteiger partial charge in [0, 0.05) is 22.7 Å². The predicted molar refractivity (Wildman–Crippen MR) is 110 cm³/mol. The molecular formula is C24H32O7. The van der Waals surface area contributed by atoms with Gasteiger partial charge in [-0.3, -0.25) is 19.2 Å². The molecule has 3 aliphatic carbocycles. The van der Waals surface area contributed by atoms with E-state index in [1.54, 1.807) is 27.7 Å². The number of ether oxygens (including phenoxy) is 1. The van der Waals surface area contributed by atoms with Gasteiger partial charge in [0.05, 0.1) is 16.9 Å². The van der Waals surface area contributed by atoms with Crippen molar-refractivity contribution >= 4 is 23.3 Å². The highest BCUT2D eigenvalue weighted by atomic mass is 16.5. The number of hydrogen-bond donors (Lipinski definition) is 2. The van der Waals surface area contributed by atoms with Gasteiger partial charge in [-0.15, -0.1) is 0 Å². The van der Waals surface area contributed by atoms with Crippen LogP contribution in [0.25, 0.3) is 0 Å². The highest BCUT2D eigenvalue weighted by Gasteiger charge is 2.80. The number of carbonyl (C=O) groups is 4. The fraction of sp³-hybridized carbons (Fsp3) is 0.750. The van der Waals surface area contributed by atoms with Crippen LogP contribution in [0.2, 0.25) is 0 Å². The first-order valence-corrected chi connectivity index (χ1v) is 11.0. The lowest BCUT2D eigenvalue weighted by molar-refractivity contribution is -0.256. The van der Waals surface area contributed by atoms with Crippen molar-refractivity contribution in [3.05, 3.63) is 11.3 Å². The van der Waals surface area contributed by atoms with E-state index >= 15 is 0 Å². The molecule has 0 amide bonds. The Morgan fingerprint density at radius 2 is 1.58 bits per heavy atom. The van der Waals surface area contributed by atoms with E-state index < -0.39 is 62.7 Å². The number of allylic oxidation sites excluding steroid dienone is 1. The van der Waals surface area contributed by atoms with Crippen LogP contribution in [0, 0.1) is 33.5 Å². The zero-order chi connectivity index (χ0) is 23.5. The quantitative estimate of drug-likeness (QED) is 0.565.